The van der Waals surface area contributed by atoms with Gasteiger partial charge in [0, 0.05) is 24.3 Å². The van der Waals surface area contributed by atoms with E-state index in [1.165, 1.54) is 36.1 Å². The minimum atomic E-state index is -0.263. The Labute approximate surface area is 114 Å². The third-order valence-electron chi connectivity index (χ3n) is 4.33. The van der Waals surface area contributed by atoms with Crippen LogP contribution in [-0.4, -0.2) is 19.2 Å². The van der Waals surface area contributed by atoms with E-state index in [-0.39, 0.29) is 5.54 Å². The minimum absolute atomic E-state index is 0.263. The lowest BCUT2D eigenvalue weighted by Crippen LogP contribution is -2.31. The van der Waals surface area contributed by atoms with Crippen molar-refractivity contribution in [3.8, 4) is 0 Å². The highest BCUT2D eigenvalue weighted by molar-refractivity contribution is 5.61. The average Bonchev–Trinajstić information content (AvgIpc) is 3.21. The summed E-state index contributed by atoms with van der Waals surface area (Å²) in [5, 5.41) is 0. The van der Waals surface area contributed by atoms with Gasteiger partial charge in [0.15, 0.2) is 0 Å². The standard InChI is InChI=1S/C16H20N2O/c1-13-5-6-15(18-9-3-2-4-10-18)14(11-13)16(7-8-16)17-12-19/h5-6,11H,2-4,7-10H2,1H3. The first-order chi connectivity index (χ1) is 9.25. The van der Waals surface area contributed by atoms with Crippen molar-refractivity contribution in [1.82, 2.24) is 0 Å². The molecule has 0 N–H and O–H groups in total. The Bertz CT molecular complexity index is 522. The van der Waals surface area contributed by atoms with Crippen molar-refractivity contribution in [2.24, 2.45) is 4.99 Å². The van der Waals surface area contributed by atoms with E-state index in [1.807, 2.05) is 0 Å². The second-order valence-corrected chi connectivity index (χ2v) is 5.80. The molecule has 3 heteroatoms. The van der Waals surface area contributed by atoms with E-state index in [9.17, 15) is 4.79 Å². The molecule has 1 aromatic rings. The maximum Gasteiger partial charge on any atom is 0.235 e. The zero-order valence-electron chi connectivity index (χ0n) is 11.5. The maximum atomic E-state index is 10.7. The van der Waals surface area contributed by atoms with E-state index < -0.39 is 0 Å². The number of isocyanates is 1. The van der Waals surface area contributed by atoms with Gasteiger partial charge in [-0.1, -0.05) is 17.7 Å². The Balaban J connectivity index is 2.02. The Morgan fingerprint density at radius 1 is 1.21 bits per heavy atom. The van der Waals surface area contributed by atoms with Gasteiger partial charge in [0.2, 0.25) is 6.08 Å². The Kier molecular flexibility index (Phi) is 3.16. The predicted molar refractivity (Wildman–Crippen MR) is 76.3 cm³/mol. The molecule has 1 aliphatic heterocycles. The molecule has 0 radical (unpaired) electrons. The molecule has 3 nitrogen and oxygen atoms in total. The average molecular weight is 256 g/mol. The normalized spacial score (nSPS) is 20.8. The van der Waals surface area contributed by atoms with E-state index >= 15 is 0 Å². The number of hydrogen-bond donors (Lipinski definition) is 0. The molecule has 1 saturated heterocycles. The topological polar surface area (TPSA) is 32.7 Å². The quantitative estimate of drug-likeness (QED) is 0.614. The fourth-order valence-corrected chi connectivity index (χ4v) is 3.08. The maximum absolute atomic E-state index is 10.7. The van der Waals surface area contributed by atoms with Gasteiger partial charge in [-0.15, -0.1) is 0 Å². The summed E-state index contributed by atoms with van der Waals surface area (Å²) in [7, 11) is 0. The van der Waals surface area contributed by atoms with Gasteiger partial charge >= 0.3 is 0 Å². The van der Waals surface area contributed by atoms with Crippen molar-refractivity contribution in [3.05, 3.63) is 29.3 Å². The Morgan fingerprint density at radius 2 is 1.95 bits per heavy atom. The van der Waals surface area contributed by atoms with Crippen LogP contribution in [0.5, 0.6) is 0 Å². The highest BCUT2D eigenvalue weighted by Gasteiger charge is 2.46. The fraction of sp³-hybridized carbons (Fsp3) is 0.562. The molecule has 2 fully saturated rings. The second kappa shape index (κ2) is 4.82. The van der Waals surface area contributed by atoms with Crippen LogP contribution in [0, 0.1) is 6.92 Å². The van der Waals surface area contributed by atoms with E-state index in [2.05, 4.69) is 35.0 Å². The largest absolute Gasteiger partial charge is 0.371 e. The SMILES string of the molecule is Cc1ccc(N2CCCCC2)c(C2(N=C=O)CC2)c1. The highest BCUT2D eigenvalue weighted by atomic mass is 16.1. The number of hydrogen-bond acceptors (Lipinski definition) is 3. The third kappa shape index (κ3) is 2.31. The van der Waals surface area contributed by atoms with E-state index in [0.717, 1.165) is 25.9 Å². The summed E-state index contributed by atoms with van der Waals surface area (Å²) in [6.45, 7) is 4.35. The minimum Gasteiger partial charge on any atom is -0.371 e. The van der Waals surface area contributed by atoms with Gasteiger partial charge in [0.25, 0.3) is 0 Å². The van der Waals surface area contributed by atoms with Crippen LogP contribution in [0.25, 0.3) is 0 Å². The van der Waals surface area contributed by atoms with Crippen LogP contribution in [-0.2, 0) is 10.3 Å². The molecule has 1 saturated carbocycles. The predicted octanol–water partition coefficient (Wildman–Crippen LogP) is 3.31. The summed E-state index contributed by atoms with van der Waals surface area (Å²) in [4.78, 5) is 17.3. The first-order valence-corrected chi connectivity index (χ1v) is 7.20. The number of nitrogens with zero attached hydrogens (tertiary/aromatic N) is 2. The Hall–Kier alpha value is -1.60. The van der Waals surface area contributed by atoms with Crippen molar-refractivity contribution < 1.29 is 4.79 Å². The molecule has 0 unspecified atom stereocenters. The van der Waals surface area contributed by atoms with Crippen LogP contribution in [0.1, 0.15) is 43.2 Å². The molecule has 2 aliphatic rings. The molecule has 1 heterocycles. The van der Waals surface area contributed by atoms with Crippen LogP contribution >= 0.6 is 0 Å². The third-order valence-corrected chi connectivity index (χ3v) is 4.33. The molecule has 0 amide bonds. The number of rotatable bonds is 3. The molecule has 0 bridgehead atoms. The van der Waals surface area contributed by atoms with Crippen LogP contribution in [0.15, 0.2) is 23.2 Å². The smallest absolute Gasteiger partial charge is 0.235 e. The molecule has 1 aliphatic carbocycles. The zero-order valence-corrected chi connectivity index (χ0v) is 11.5. The second-order valence-electron chi connectivity index (χ2n) is 5.80. The molecular formula is C16H20N2O. The van der Waals surface area contributed by atoms with Crippen molar-refractivity contribution >= 4 is 11.8 Å². The molecule has 3 rings (SSSR count). The van der Waals surface area contributed by atoms with Gasteiger partial charge in [0.05, 0.1) is 0 Å². The summed E-state index contributed by atoms with van der Waals surface area (Å²) < 4.78 is 0. The lowest BCUT2D eigenvalue weighted by atomic mass is 9.98. The molecule has 100 valence electrons. The molecule has 0 atom stereocenters. The van der Waals surface area contributed by atoms with Gasteiger partial charge in [-0.3, -0.25) is 0 Å². The van der Waals surface area contributed by atoms with E-state index in [4.69, 9.17) is 0 Å². The van der Waals surface area contributed by atoms with Gasteiger partial charge in [-0.25, -0.2) is 4.79 Å². The van der Waals surface area contributed by atoms with Crippen molar-refractivity contribution in [2.45, 2.75) is 44.6 Å². The summed E-state index contributed by atoms with van der Waals surface area (Å²) in [5.41, 5.74) is 3.49. The lowest BCUT2D eigenvalue weighted by molar-refractivity contribution is 0.554. The van der Waals surface area contributed by atoms with E-state index in [0.29, 0.717) is 0 Å². The summed E-state index contributed by atoms with van der Waals surface area (Å²) in [6, 6.07) is 6.57. The number of aliphatic imine (C=N–C) groups is 1. The molecule has 1 aromatic carbocycles. The molecule has 0 spiro atoms. The summed E-state index contributed by atoms with van der Waals surface area (Å²) in [6.07, 6.45) is 7.58. The number of piperidine rings is 1. The number of benzene rings is 1. The van der Waals surface area contributed by atoms with Gasteiger partial charge in [-0.05, 0) is 45.1 Å². The molecule has 19 heavy (non-hydrogen) atoms. The number of aryl methyl sites for hydroxylation is 1. The van der Waals surface area contributed by atoms with Crippen molar-refractivity contribution in [1.29, 1.82) is 0 Å². The fourth-order valence-electron chi connectivity index (χ4n) is 3.08. The van der Waals surface area contributed by atoms with Crippen LogP contribution in [0.3, 0.4) is 0 Å². The number of anilines is 1. The lowest BCUT2D eigenvalue weighted by Gasteiger charge is -2.32. The van der Waals surface area contributed by atoms with Crippen LogP contribution in [0.2, 0.25) is 0 Å². The van der Waals surface area contributed by atoms with Gasteiger partial charge < -0.3 is 4.90 Å². The highest BCUT2D eigenvalue weighted by Crippen LogP contribution is 2.52. The van der Waals surface area contributed by atoms with E-state index in [1.54, 1.807) is 6.08 Å². The number of carbonyl (C=O) groups excluding carboxylic acids is 1. The first kappa shape index (κ1) is 12.4. The Morgan fingerprint density at radius 3 is 2.58 bits per heavy atom. The van der Waals surface area contributed by atoms with Crippen LogP contribution in [0.4, 0.5) is 5.69 Å². The van der Waals surface area contributed by atoms with Crippen molar-refractivity contribution in [3.63, 3.8) is 0 Å². The van der Waals surface area contributed by atoms with Crippen LogP contribution < -0.4 is 4.90 Å². The molecular weight excluding hydrogens is 236 g/mol. The first-order valence-electron chi connectivity index (χ1n) is 7.20. The van der Waals surface area contributed by atoms with Crippen molar-refractivity contribution in [2.75, 3.05) is 18.0 Å². The summed E-state index contributed by atoms with van der Waals surface area (Å²) in [5.74, 6) is 0. The molecule has 0 aromatic heterocycles. The monoisotopic (exact) mass is 256 g/mol. The summed E-state index contributed by atoms with van der Waals surface area (Å²) >= 11 is 0. The van der Waals surface area contributed by atoms with Gasteiger partial charge in [-0.2, -0.15) is 4.99 Å². The zero-order chi connectivity index (χ0) is 13.3. The van der Waals surface area contributed by atoms with Gasteiger partial charge in [0.1, 0.15) is 5.54 Å².